The number of halogens is 4. The number of thioether (sulfide) groups is 1. The minimum atomic E-state index is -0.118. The van der Waals surface area contributed by atoms with Crippen LogP contribution in [0.5, 0.6) is 0 Å². The van der Waals surface area contributed by atoms with Gasteiger partial charge in [0.05, 0.1) is 10.8 Å². The monoisotopic (exact) mass is 393 g/mol. The van der Waals surface area contributed by atoms with Crippen LogP contribution in [0.1, 0.15) is 5.56 Å². The van der Waals surface area contributed by atoms with E-state index in [4.69, 9.17) is 46.4 Å². The number of hydrogen-bond acceptors (Lipinski definition) is 2. The molecule has 0 spiro atoms. The van der Waals surface area contributed by atoms with E-state index in [1.54, 1.807) is 36.4 Å². The molecule has 2 nitrogen and oxygen atoms in total. The first-order valence-corrected chi connectivity index (χ1v) is 8.74. The van der Waals surface area contributed by atoms with Crippen LogP contribution >= 0.6 is 58.2 Å². The lowest BCUT2D eigenvalue weighted by atomic mass is 10.2. The Morgan fingerprint density at radius 3 is 2.36 bits per heavy atom. The summed E-state index contributed by atoms with van der Waals surface area (Å²) in [6.07, 6.45) is 0. The summed E-state index contributed by atoms with van der Waals surface area (Å²) in [7, 11) is 0. The summed E-state index contributed by atoms with van der Waals surface area (Å²) in [5.41, 5.74) is 0.810. The number of rotatable bonds is 5. The predicted octanol–water partition coefficient (Wildman–Crippen LogP) is 5.71. The molecule has 2 rings (SSSR count). The molecule has 0 aliphatic carbocycles. The molecule has 1 amide bonds. The largest absolute Gasteiger partial charge is 0.351 e. The van der Waals surface area contributed by atoms with Crippen molar-refractivity contribution >= 4 is 64.1 Å². The number of carbonyl (C=O) groups excluding carboxylic acids is 1. The van der Waals surface area contributed by atoms with E-state index >= 15 is 0 Å². The second kappa shape index (κ2) is 8.32. The van der Waals surface area contributed by atoms with Gasteiger partial charge in [-0.1, -0.05) is 52.5 Å². The Bertz CT molecular complexity index is 693. The maximum atomic E-state index is 11.9. The van der Waals surface area contributed by atoms with Gasteiger partial charge in [-0.25, -0.2) is 0 Å². The van der Waals surface area contributed by atoms with Crippen molar-refractivity contribution in [1.29, 1.82) is 0 Å². The molecule has 22 heavy (non-hydrogen) atoms. The molecule has 0 atom stereocenters. The van der Waals surface area contributed by atoms with Crippen molar-refractivity contribution in [3.63, 3.8) is 0 Å². The van der Waals surface area contributed by atoms with Gasteiger partial charge < -0.3 is 5.32 Å². The fourth-order valence-electron chi connectivity index (χ4n) is 1.64. The molecule has 0 aliphatic heterocycles. The van der Waals surface area contributed by atoms with Crippen LogP contribution in [0.25, 0.3) is 0 Å². The fraction of sp³-hybridized carbons (Fsp3) is 0.133. The summed E-state index contributed by atoms with van der Waals surface area (Å²) in [5, 5.41) is 5.04. The average Bonchev–Trinajstić information content (AvgIpc) is 2.47. The average molecular weight is 395 g/mol. The zero-order valence-corrected chi connectivity index (χ0v) is 15.0. The quantitative estimate of drug-likeness (QED) is 0.658. The molecule has 7 heteroatoms. The lowest BCUT2D eigenvalue weighted by molar-refractivity contribution is -0.118. The van der Waals surface area contributed by atoms with E-state index in [9.17, 15) is 4.79 Å². The maximum absolute atomic E-state index is 11.9. The molecule has 0 unspecified atom stereocenters. The molecular weight excluding hydrogens is 384 g/mol. The van der Waals surface area contributed by atoms with Crippen LogP contribution in [0.2, 0.25) is 20.1 Å². The van der Waals surface area contributed by atoms with Gasteiger partial charge in [0.15, 0.2) is 0 Å². The van der Waals surface area contributed by atoms with Gasteiger partial charge in [-0.2, -0.15) is 0 Å². The summed E-state index contributed by atoms with van der Waals surface area (Å²) in [4.78, 5) is 12.7. The number of nitrogens with one attached hydrogen (secondary N) is 1. The van der Waals surface area contributed by atoms with E-state index in [0.717, 1.165) is 10.5 Å². The first kappa shape index (κ1) is 17.8. The van der Waals surface area contributed by atoms with Crippen molar-refractivity contribution in [3.8, 4) is 0 Å². The Labute approximate surface area is 153 Å². The van der Waals surface area contributed by atoms with E-state index < -0.39 is 0 Å². The second-order valence-corrected chi connectivity index (χ2v) is 7.08. The molecule has 0 heterocycles. The molecular formula is C15H11Cl4NOS. The van der Waals surface area contributed by atoms with Crippen molar-refractivity contribution in [2.24, 2.45) is 0 Å². The van der Waals surface area contributed by atoms with Gasteiger partial charge in [-0.15, -0.1) is 11.8 Å². The van der Waals surface area contributed by atoms with Crippen molar-refractivity contribution in [2.75, 3.05) is 5.75 Å². The lowest BCUT2D eigenvalue weighted by Gasteiger charge is -2.08. The highest BCUT2D eigenvalue weighted by atomic mass is 35.5. The molecule has 0 saturated heterocycles. The highest BCUT2D eigenvalue weighted by Crippen LogP contribution is 2.29. The molecule has 0 fully saturated rings. The number of benzene rings is 2. The molecule has 116 valence electrons. The Hall–Kier alpha value is -0.580. The predicted molar refractivity (Wildman–Crippen MR) is 95.5 cm³/mol. The van der Waals surface area contributed by atoms with Gasteiger partial charge in [0.25, 0.3) is 0 Å². The van der Waals surface area contributed by atoms with Crippen LogP contribution in [0.15, 0.2) is 41.3 Å². The van der Waals surface area contributed by atoms with Crippen LogP contribution in [0.3, 0.4) is 0 Å². The third-order valence-electron chi connectivity index (χ3n) is 2.74. The van der Waals surface area contributed by atoms with Crippen LogP contribution in [-0.2, 0) is 11.3 Å². The van der Waals surface area contributed by atoms with Crippen molar-refractivity contribution < 1.29 is 4.79 Å². The Morgan fingerprint density at radius 1 is 0.955 bits per heavy atom. The van der Waals surface area contributed by atoms with Gasteiger partial charge in [0, 0.05) is 26.5 Å². The number of carbonyl (C=O) groups is 1. The molecule has 0 radical (unpaired) electrons. The van der Waals surface area contributed by atoms with Gasteiger partial charge in [0.1, 0.15) is 0 Å². The first-order chi connectivity index (χ1) is 10.5. The molecule has 0 aromatic heterocycles. The van der Waals surface area contributed by atoms with Crippen LogP contribution in [0.4, 0.5) is 0 Å². The Kier molecular flexibility index (Phi) is 6.72. The molecule has 0 saturated carbocycles. The van der Waals surface area contributed by atoms with E-state index in [1.807, 2.05) is 0 Å². The zero-order chi connectivity index (χ0) is 16.1. The SMILES string of the molecule is O=C(CSc1cc(Cl)ccc1Cl)NCc1ccc(Cl)cc1Cl. The molecule has 2 aromatic carbocycles. The highest BCUT2D eigenvalue weighted by molar-refractivity contribution is 8.00. The summed E-state index contributed by atoms with van der Waals surface area (Å²) < 4.78 is 0. The normalized spacial score (nSPS) is 10.5. The number of amides is 1. The van der Waals surface area contributed by atoms with E-state index in [1.165, 1.54) is 11.8 Å². The summed E-state index contributed by atoms with van der Waals surface area (Å²) in [6, 6.07) is 10.3. The number of hydrogen-bond donors (Lipinski definition) is 1. The summed E-state index contributed by atoms with van der Waals surface area (Å²) in [5.74, 6) is 0.123. The summed E-state index contributed by atoms with van der Waals surface area (Å²) >= 11 is 25.2. The molecule has 0 bridgehead atoms. The van der Waals surface area contributed by atoms with E-state index in [2.05, 4.69) is 5.32 Å². The highest BCUT2D eigenvalue weighted by Gasteiger charge is 2.08. The fourth-order valence-corrected chi connectivity index (χ4v) is 3.44. The van der Waals surface area contributed by atoms with Crippen LogP contribution in [0, 0.1) is 0 Å². The van der Waals surface area contributed by atoms with Crippen molar-refractivity contribution in [3.05, 3.63) is 62.1 Å². The van der Waals surface area contributed by atoms with Crippen molar-refractivity contribution in [1.82, 2.24) is 5.32 Å². The van der Waals surface area contributed by atoms with Crippen molar-refractivity contribution in [2.45, 2.75) is 11.4 Å². The standard InChI is InChI=1S/C15H11Cl4NOS/c16-10-2-1-9(13(19)5-10)7-20-15(21)8-22-14-6-11(17)3-4-12(14)18/h1-6H,7-8H2,(H,20,21). The second-order valence-electron chi connectivity index (χ2n) is 4.38. The van der Waals surface area contributed by atoms with Gasteiger partial charge in [0.2, 0.25) is 5.91 Å². The summed E-state index contributed by atoms with van der Waals surface area (Å²) in [6.45, 7) is 0.346. The first-order valence-electron chi connectivity index (χ1n) is 6.24. The Morgan fingerprint density at radius 2 is 1.64 bits per heavy atom. The molecule has 2 aromatic rings. The van der Waals surface area contributed by atoms with Gasteiger partial charge in [-0.3, -0.25) is 4.79 Å². The Balaban J connectivity index is 1.87. The van der Waals surface area contributed by atoms with E-state index in [-0.39, 0.29) is 11.7 Å². The van der Waals surface area contributed by atoms with Crippen LogP contribution in [-0.4, -0.2) is 11.7 Å². The van der Waals surface area contributed by atoms with E-state index in [0.29, 0.717) is 26.6 Å². The van der Waals surface area contributed by atoms with Gasteiger partial charge >= 0.3 is 0 Å². The molecule has 0 aliphatic rings. The van der Waals surface area contributed by atoms with Gasteiger partial charge in [-0.05, 0) is 35.9 Å². The zero-order valence-electron chi connectivity index (χ0n) is 11.2. The topological polar surface area (TPSA) is 29.1 Å². The third kappa shape index (κ3) is 5.25. The minimum Gasteiger partial charge on any atom is -0.351 e. The smallest absolute Gasteiger partial charge is 0.230 e. The minimum absolute atomic E-state index is 0.118. The molecule has 1 N–H and O–H groups in total. The van der Waals surface area contributed by atoms with Crippen LogP contribution < -0.4 is 5.32 Å². The lowest BCUT2D eigenvalue weighted by Crippen LogP contribution is -2.24. The third-order valence-corrected chi connectivity index (χ3v) is 5.06. The maximum Gasteiger partial charge on any atom is 0.230 e.